The Morgan fingerprint density at radius 1 is 1.43 bits per heavy atom. The smallest absolute Gasteiger partial charge is 0.243 e. The van der Waals surface area contributed by atoms with E-state index in [0.29, 0.717) is 17.1 Å². The van der Waals surface area contributed by atoms with Gasteiger partial charge in [0.1, 0.15) is 6.04 Å². The molecule has 0 aliphatic rings. The van der Waals surface area contributed by atoms with Gasteiger partial charge in [0.25, 0.3) is 0 Å². The van der Waals surface area contributed by atoms with Gasteiger partial charge in [-0.1, -0.05) is 6.07 Å². The van der Waals surface area contributed by atoms with Crippen molar-refractivity contribution in [1.29, 1.82) is 0 Å². The summed E-state index contributed by atoms with van der Waals surface area (Å²) in [5.41, 5.74) is 1.20. The Labute approximate surface area is 147 Å². The Morgan fingerprint density at radius 3 is 2.91 bits per heavy atom. The number of carbonyl (C=O) groups excluding carboxylic acids is 1. The number of nitrogens with zero attached hydrogens (tertiary/aromatic N) is 2. The van der Waals surface area contributed by atoms with Crippen LogP contribution in [0.2, 0.25) is 0 Å². The molecule has 0 radical (unpaired) electrons. The molecule has 23 heavy (non-hydrogen) atoms. The highest BCUT2D eigenvalue weighted by atomic mass is 32.1. The van der Waals surface area contributed by atoms with Gasteiger partial charge in [-0.25, -0.2) is 0 Å². The lowest BCUT2D eigenvalue weighted by molar-refractivity contribution is -0.124. The van der Waals surface area contributed by atoms with E-state index in [1.807, 2.05) is 36.7 Å². The van der Waals surface area contributed by atoms with Gasteiger partial charge in [-0.2, -0.15) is 5.10 Å². The molecule has 5 nitrogen and oxygen atoms in total. The van der Waals surface area contributed by atoms with Crippen LogP contribution in [0.25, 0.3) is 10.7 Å². The maximum absolute atomic E-state index is 12.5. The molecule has 3 aromatic rings. The van der Waals surface area contributed by atoms with Gasteiger partial charge in [0, 0.05) is 4.88 Å². The molecule has 0 saturated carbocycles. The number of hydrogen-bond acceptors (Lipinski definition) is 5. The summed E-state index contributed by atoms with van der Waals surface area (Å²) in [6, 6.07) is 5.54. The summed E-state index contributed by atoms with van der Waals surface area (Å²) in [6.45, 7) is 4.41. The Balaban J connectivity index is 1.79. The van der Waals surface area contributed by atoms with Crippen molar-refractivity contribution in [2.24, 2.45) is 0 Å². The van der Waals surface area contributed by atoms with Crippen molar-refractivity contribution in [3.8, 4) is 10.7 Å². The lowest BCUT2D eigenvalue weighted by atomic mass is 10.2. The lowest BCUT2D eigenvalue weighted by Crippen LogP contribution is -2.31. The second-order valence-electron chi connectivity index (χ2n) is 5.12. The summed E-state index contributed by atoms with van der Waals surface area (Å²) in [5, 5.41) is 14.0. The fourth-order valence-electron chi connectivity index (χ4n) is 2.26. The molecular weight excluding hydrogens is 348 g/mol. The molecule has 3 heterocycles. The van der Waals surface area contributed by atoms with Gasteiger partial charge in [0.2, 0.25) is 5.91 Å². The molecule has 1 atom stereocenters. The Bertz CT molecular complexity index is 860. The predicted octanol–water partition coefficient (Wildman–Crippen LogP) is 3.92. The zero-order chi connectivity index (χ0) is 16.4. The highest BCUT2D eigenvalue weighted by molar-refractivity contribution is 7.71. The van der Waals surface area contributed by atoms with Gasteiger partial charge < -0.3 is 5.32 Å². The van der Waals surface area contributed by atoms with Crippen LogP contribution >= 0.6 is 34.9 Å². The van der Waals surface area contributed by atoms with Crippen molar-refractivity contribution in [3.05, 3.63) is 44.2 Å². The summed E-state index contributed by atoms with van der Waals surface area (Å²) < 4.78 is 2.21. The predicted molar refractivity (Wildman–Crippen MR) is 96.3 cm³/mol. The van der Waals surface area contributed by atoms with E-state index in [9.17, 15) is 4.79 Å². The number of aromatic nitrogens is 3. The third-order valence-electron chi connectivity index (χ3n) is 3.60. The van der Waals surface area contributed by atoms with E-state index in [2.05, 4.69) is 21.6 Å². The van der Waals surface area contributed by atoms with Crippen LogP contribution in [-0.4, -0.2) is 20.7 Å². The molecule has 0 aliphatic carbocycles. The summed E-state index contributed by atoms with van der Waals surface area (Å²) in [6.07, 6.45) is 0. The first-order valence-corrected chi connectivity index (χ1v) is 9.26. The second kappa shape index (κ2) is 6.77. The van der Waals surface area contributed by atoms with Crippen molar-refractivity contribution in [1.82, 2.24) is 20.1 Å². The molecule has 0 aliphatic heterocycles. The zero-order valence-corrected chi connectivity index (χ0v) is 15.1. The molecule has 0 unspecified atom stereocenters. The van der Waals surface area contributed by atoms with E-state index in [4.69, 9.17) is 12.2 Å². The largest absolute Gasteiger partial charge is 0.349 e. The minimum absolute atomic E-state index is 0.0758. The van der Waals surface area contributed by atoms with Gasteiger partial charge in [-0.15, -0.1) is 22.7 Å². The number of aryl methyl sites for hydroxylation is 1. The second-order valence-corrected chi connectivity index (χ2v) is 7.46. The SMILES string of the molecule is Cc1ccsc1CNC(=O)[C@H](C)n1c(-c2cccs2)n[nH]c1=S. The first kappa shape index (κ1) is 16.1. The van der Waals surface area contributed by atoms with Gasteiger partial charge in [-0.3, -0.25) is 14.5 Å². The fraction of sp³-hybridized carbons (Fsp3) is 0.267. The molecule has 0 aromatic carbocycles. The van der Waals surface area contributed by atoms with Crippen LogP contribution in [0.1, 0.15) is 23.4 Å². The van der Waals surface area contributed by atoms with Gasteiger partial charge in [-0.05, 0) is 54.5 Å². The van der Waals surface area contributed by atoms with Crippen molar-refractivity contribution < 1.29 is 4.79 Å². The van der Waals surface area contributed by atoms with E-state index in [1.165, 1.54) is 10.4 Å². The molecule has 0 bridgehead atoms. The lowest BCUT2D eigenvalue weighted by Gasteiger charge is -2.15. The van der Waals surface area contributed by atoms with E-state index in [0.717, 1.165) is 4.88 Å². The van der Waals surface area contributed by atoms with Crippen LogP contribution in [0, 0.1) is 11.7 Å². The van der Waals surface area contributed by atoms with Crippen molar-refractivity contribution in [2.75, 3.05) is 0 Å². The quantitative estimate of drug-likeness (QED) is 0.675. The van der Waals surface area contributed by atoms with Crippen LogP contribution in [0.15, 0.2) is 29.0 Å². The number of nitrogens with one attached hydrogen (secondary N) is 2. The number of aromatic amines is 1. The monoisotopic (exact) mass is 364 g/mol. The third kappa shape index (κ3) is 3.29. The molecule has 0 saturated heterocycles. The minimum Gasteiger partial charge on any atom is -0.349 e. The summed E-state index contributed by atoms with van der Waals surface area (Å²) in [7, 11) is 0. The first-order valence-electron chi connectivity index (χ1n) is 7.09. The summed E-state index contributed by atoms with van der Waals surface area (Å²) in [4.78, 5) is 14.7. The minimum atomic E-state index is -0.432. The highest BCUT2D eigenvalue weighted by Crippen LogP contribution is 2.25. The maximum Gasteiger partial charge on any atom is 0.243 e. The van der Waals surface area contributed by atoms with Crippen molar-refractivity contribution in [2.45, 2.75) is 26.4 Å². The molecular formula is C15H16N4OS3. The molecule has 0 spiro atoms. The topological polar surface area (TPSA) is 62.7 Å². The normalized spacial score (nSPS) is 12.3. The molecule has 3 rings (SSSR count). The summed E-state index contributed by atoms with van der Waals surface area (Å²) in [5.74, 6) is 0.619. The molecule has 2 N–H and O–H groups in total. The Morgan fingerprint density at radius 2 is 2.26 bits per heavy atom. The van der Waals surface area contributed by atoms with Gasteiger partial charge in [0.05, 0.1) is 11.4 Å². The zero-order valence-electron chi connectivity index (χ0n) is 12.7. The van der Waals surface area contributed by atoms with Gasteiger partial charge in [0.15, 0.2) is 10.6 Å². The molecule has 0 fully saturated rings. The summed E-state index contributed by atoms with van der Waals surface area (Å²) >= 11 is 8.51. The maximum atomic E-state index is 12.5. The average Bonchev–Trinajstić information content (AvgIpc) is 3.25. The van der Waals surface area contributed by atoms with E-state index in [1.54, 1.807) is 27.2 Å². The molecule has 1 amide bonds. The first-order chi connectivity index (χ1) is 11.1. The van der Waals surface area contributed by atoms with Crippen LogP contribution in [0.3, 0.4) is 0 Å². The highest BCUT2D eigenvalue weighted by Gasteiger charge is 2.21. The molecule has 8 heteroatoms. The fourth-order valence-corrected chi connectivity index (χ4v) is 4.11. The number of thiophene rings is 2. The van der Waals surface area contributed by atoms with E-state index in [-0.39, 0.29) is 5.91 Å². The number of H-pyrrole nitrogens is 1. The van der Waals surface area contributed by atoms with Crippen LogP contribution < -0.4 is 5.32 Å². The Hall–Kier alpha value is -1.77. The number of carbonyl (C=O) groups is 1. The van der Waals surface area contributed by atoms with E-state index >= 15 is 0 Å². The average molecular weight is 365 g/mol. The standard InChI is InChI=1S/C15H16N4OS3/c1-9-5-7-23-12(9)8-16-14(20)10(2)19-13(17-18-15(19)21)11-4-3-6-22-11/h3-7,10H,8H2,1-2H3,(H,16,20)(H,18,21)/t10-/m0/s1. The van der Waals surface area contributed by atoms with Crippen LogP contribution in [-0.2, 0) is 11.3 Å². The van der Waals surface area contributed by atoms with Gasteiger partial charge >= 0.3 is 0 Å². The Kier molecular flexibility index (Phi) is 4.74. The van der Waals surface area contributed by atoms with Crippen molar-refractivity contribution in [3.63, 3.8) is 0 Å². The number of rotatable bonds is 5. The molecule has 120 valence electrons. The molecule has 3 aromatic heterocycles. The van der Waals surface area contributed by atoms with Crippen LogP contribution in [0.4, 0.5) is 0 Å². The number of amides is 1. The third-order valence-corrected chi connectivity index (χ3v) is 5.78. The van der Waals surface area contributed by atoms with E-state index < -0.39 is 6.04 Å². The number of hydrogen-bond donors (Lipinski definition) is 2. The van der Waals surface area contributed by atoms with Crippen molar-refractivity contribution >= 4 is 40.8 Å². The van der Waals surface area contributed by atoms with Crippen LogP contribution in [0.5, 0.6) is 0 Å².